The molecule has 2 aromatic rings. The molecule has 3 N–H and O–H groups in total. The molecular weight excluding hydrogens is 436 g/mol. The predicted octanol–water partition coefficient (Wildman–Crippen LogP) is 3.55. The van der Waals surface area contributed by atoms with E-state index in [9.17, 15) is 14.4 Å². The minimum absolute atomic E-state index is 0.0260. The average molecular weight is 469 g/mol. The summed E-state index contributed by atoms with van der Waals surface area (Å²) in [5.74, 6) is -1.15. The highest BCUT2D eigenvalue weighted by atomic mass is 16.5. The monoisotopic (exact) mass is 468 g/mol. The fraction of sp³-hybridized carbons (Fsp3) is 0.423. The van der Waals surface area contributed by atoms with Crippen molar-refractivity contribution < 1.29 is 29.0 Å². The fourth-order valence-electron chi connectivity index (χ4n) is 4.04. The molecular formula is C26H32N2O6. The highest BCUT2D eigenvalue weighted by Crippen LogP contribution is 2.44. The van der Waals surface area contributed by atoms with Crippen molar-refractivity contribution in [3.63, 3.8) is 0 Å². The van der Waals surface area contributed by atoms with Crippen LogP contribution in [0.15, 0.2) is 48.5 Å². The number of carboxylic acids is 1. The van der Waals surface area contributed by atoms with Gasteiger partial charge in [0, 0.05) is 24.9 Å². The Morgan fingerprint density at radius 1 is 0.971 bits per heavy atom. The molecule has 2 aromatic carbocycles. The summed E-state index contributed by atoms with van der Waals surface area (Å²) in [6.45, 7) is 4.67. The summed E-state index contributed by atoms with van der Waals surface area (Å²) < 4.78 is 10.8. The molecule has 1 aliphatic rings. The van der Waals surface area contributed by atoms with Gasteiger partial charge in [-0.2, -0.15) is 0 Å². The number of carbonyl (C=O) groups excluding carboxylic acids is 2. The molecule has 0 bridgehead atoms. The standard InChI is InChI=1S/C26H32N2O6/c1-17(2)23(15-24(29)27-12-14-33-13-11-25(30)31)28-26(32)34-16-22-20-9-5-3-7-18(20)19-8-4-6-10-21(19)22/h3-10,17,22-23H,11-16H2,1-2H3,(H,27,29)(H,28,32)(H,30,31)/t23-/m1/s1. The number of alkyl carbamates (subject to hydrolysis) is 1. The molecule has 8 nitrogen and oxygen atoms in total. The Morgan fingerprint density at radius 3 is 2.18 bits per heavy atom. The van der Waals surface area contributed by atoms with Gasteiger partial charge in [0.2, 0.25) is 5.91 Å². The number of fused-ring (bicyclic) bond motifs is 3. The maximum atomic E-state index is 12.6. The van der Waals surface area contributed by atoms with Crippen molar-refractivity contribution in [2.45, 2.75) is 38.6 Å². The summed E-state index contributed by atoms with van der Waals surface area (Å²) in [6, 6.07) is 15.9. The van der Waals surface area contributed by atoms with Crippen molar-refractivity contribution in [3.8, 4) is 11.1 Å². The van der Waals surface area contributed by atoms with Gasteiger partial charge in [-0.15, -0.1) is 0 Å². The number of ether oxygens (including phenoxy) is 2. The van der Waals surface area contributed by atoms with Crippen LogP contribution < -0.4 is 10.6 Å². The van der Waals surface area contributed by atoms with Crippen LogP contribution >= 0.6 is 0 Å². The van der Waals surface area contributed by atoms with Gasteiger partial charge in [0.25, 0.3) is 0 Å². The molecule has 2 amide bonds. The lowest BCUT2D eigenvalue weighted by molar-refractivity contribution is -0.138. The number of carbonyl (C=O) groups is 3. The molecule has 1 aliphatic carbocycles. The zero-order chi connectivity index (χ0) is 24.5. The summed E-state index contributed by atoms with van der Waals surface area (Å²) in [4.78, 5) is 35.3. The Kier molecular flexibility index (Phi) is 9.04. The first-order valence-electron chi connectivity index (χ1n) is 11.5. The van der Waals surface area contributed by atoms with Crippen molar-refractivity contribution in [1.29, 1.82) is 0 Å². The molecule has 3 rings (SSSR count). The highest BCUT2D eigenvalue weighted by molar-refractivity contribution is 5.79. The third-order valence-electron chi connectivity index (χ3n) is 5.89. The Hall–Kier alpha value is -3.39. The van der Waals surface area contributed by atoms with Crippen LogP contribution in [0.2, 0.25) is 0 Å². The van der Waals surface area contributed by atoms with E-state index in [-0.39, 0.29) is 63.0 Å². The first-order valence-corrected chi connectivity index (χ1v) is 11.5. The van der Waals surface area contributed by atoms with E-state index in [1.807, 2.05) is 38.1 Å². The number of hydrogen-bond acceptors (Lipinski definition) is 5. The van der Waals surface area contributed by atoms with E-state index in [2.05, 4.69) is 34.9 Å². The van der Waals surface area contributed by atoms with Crippen LogP contribution in [-0.2, 0) is 19.1 Å². The first-order chi connectivity index (χ1) is 16.4. The van der Waals surface area contributed by atoms with Gasteiger partial charge in [-0.1, -0.05) is 62.4 Å². The smallest absolute Gasteiger partial charge is 0.407 e. The SMILES string of the molecule is CC(C)[C@@H](CC(=O)NCCOCCC(=O)O)NC(=O)OCC1c2ccccc2-c2ccccc21. The van der Waals surface area contributed by atoms with Gasteiger partial charge in [0.1, 0.15) is 6.61 Å². The third-order valence-corrected chi connectivity index (χ3v) is 5.89. The van der Waals surface area contributed by atoms with Gasteiger partial charge < -0.3 is 25.2 Å². The fourth-order valence-corrected chi connectivity index (χ4v) is 4.04. The Labute approximate surface area is 199 Å². The molecule has 0 saturated carbocycles. The van der Waals surface area contributed by atoms with Gasteiger partial charge >= 0.3 is 12.1 Å². The number of hydrogen-bond donors (Lipinski definition) is 3. The van der Waals surface area contributed by atoms with E-state index in [4.69, 9.17) is 14.6 Å². The predicted molar refractivity (Wildman–Crippen MR) is 128 cm³/mol. The van der Waals surface area contributed by atoms with Crippen molar-refractivity contribution >= 4 is 18.0 Å². The van der Waals surface area contributed by atoms with Crippen LogP contribution in [0.3, 0.4) is 0 Å². The molecule has 0 spiro atoms. The number of nitrogens with one attached hydrogen (secondary N) is 2. The molecule has 0 radical (unpaired) electrons. The van der Waals surface area contributed by atoms with Crippen molar-refractivity contribution in [2.75, 3.05) is 26.4 Å². The number of rotatable bonds is 12. The summed E-state index contributed by atoms with van der Waals surface area (Å²) >= 11 is 0. The molecule has 0 saturated heterocycles. The van der Waals surface area contributed by atoms with E-state index >= 15 is 0 Å². The summed E-state index contributed by atoms with van der Waals surface area (Å²) in [5, 5.41) is 14.1. The van der Waals surface area contributed by atoms with Gasteiger partial charge in [0.15, 0.2) is 0 Å². The van der Waals surface area contributed by atoms with Crippen LogP contribution in [0.4, 0.5) is 4.79 Å². The first kappa shape index (κ1) is 25.2. The maximum Gasteiger partial charge on any atom is 0.407 e. The summed E-state index contributed by atoms with van der Waals surface area (Å²) in [7, 11) is 0. The largest absolute Gasteiger partial charge is 0.481 e. The van der Waals surface area contributed by atoms with Crippen molar-refractivity contribution in [2.24, 2.45) is 5.92 Å². The Morgan fingerprint density at radius 2 is 1.59 bits per heavy atom. The average Bonchev–Trinajstić information content (AvgIpc) is 3.13. The van der Waals surface area contributed by atoms with Gasteiger partial charge in [-0.25, -0.2) is 4.79 Å². The van der Waals surface area contributed by atoms with Crippen LogP contribution in [0.5, 0.6) is 0 Å². The molecule has 0 aromatic heterocycles. The second-order valence-electron chi connectivity index (χ2n) is 8.63. The highest BCUT2D eigenvalue weighted by Gasteiger charge is 2.29. The molecule has 34 heavy (non-hydrogen) atoms. The second kappa shape index (κ2) is 12.2. The van der Waals surface area contributed by atoms with Gasteiger partial charge in [-0.05, 0) is 28.2 Å². The lowest BCUT2D eigenvalue weighted by Gasteiger charge is -2.22. The lowest BCUT2D eigenvalue weighted by atomic mass is 9.98. The molecule has 182 valence electrons. The van der Waals surface area contributed by atoms with E-state index in [1.54, 1.807) is 0 Å². The molecule has 0 fully saturated rings. The summed E-state index contributed by atoms with van der Waals surface area (Å²) in [6.07, 6.45) is -0.518. The second-order valence-corrected chi connectivity index (χ2v) is 8.63. The molecule has 0 aliphatic heterocycles. The number of benzene rings is 2. The Bertz CT molecular complexity index is 961. The van der Waals surface area contributed by atoms with E-state index in [0.29, 0.717) is 0 Å². The molecule has 0 unspecified atom stereocenters. The van der Waals surface area contributed by atoms with Crippen LogP contribution in [0.25, 0.3) is 11.1 Å². The van der Waals surface area contributed by atoms with Crippen LogP contribution in [0.1, 0.15) is 43.7 Å². The minimum atomic E-state index is -0.928. The zero-order valence-corrected chi connectivity index (χ0v) is 19.6. The number of amides is 2. The van der Waals surface area contributed by atoms with E-state index in [1.165, 1.54) is 0 Å². The van der Waals surface area contributed by atoms with Crippen LogP contribution in [0, 0.1) is 5.92 Å². The maximum absolute atomic E-state index is 12.6. The lowest BCUT2D eigenvalue weighted by Crippen LogP contribution is -2.43. The third kappa shape index (κ3) is 6.81. The zero-order valence-electron chi connectivity index (χ0n) is 19.6. The van der Waals surface area contributed by atoms with Crippen molar-refractivity contribution in [1.82, 2.24) is 10.6 Å². The van der Waals surface area contributed by atoms with Crippen molar-refractivity contribution in [3.05, 3.63) is 59.7 Å². The Balaban J connectivity index is 1.47. The number of carboxylic acid groups (broad SMARTS) is 1. The van der Waals surface area contributed by atoms with E-state index < -0.39 is 12.1 Å². The van der Waals surface area contributed by atoms with Gasteiger partial charge in [-0.3, -0.25) is 9.59 Å². The van der Waals surface area contributed by atoms with E-state index in [0.717, 1.165) is 22.3 Å². The summed E-state index contributed by atoms with van der Waals surface area (Å²) in [5.41, 5.74) is 4.61. The topological polar surface area (TPSA) is 114 Å². The number of aliphatic carboxylic acids is 1. The van der Waals surface area contributed by atoms with Crippen LogP contribution in [-0.4, -0.2) is 55.5 Å². The molecule has 1 atom stereocenters. The van der Waals surface area contributed by atoms with Gasteiger partial charge in [0.05, 0.1) is 19.6 Å². The quantitative estimate of drug-likeness (QED) is 0.411. The molecule has 8 heteroatoms. The normalized spacial score (nSPS) is 13.1. The molecule has 0 heterocycles. The minimum Gasteiger partial charge on any atom is -0.481 e.